The Labute approximate surface area is 222 Å². The summed E-state index contributed by atoms with van der Waals surface area (Å²) in [5, 5.41) is 4.57. The Hall–Kier alpha value is -2.71. The lowest BCUT2D eigenvalue weighted by atomic mass is 10.1. The summed E-state index contributed by atoms with van der Waals surface area (Å²) < 4.78 is 13.5. The maximum absolute atomic E-state index is 13.5. The van der Waals surface area contributed by atoms with Crippen LogP contribution in [-0.4, -0.2) is 34.4 Å². The third-order valence-corrected chi connectivity index (χ3v) is 6.80. The number of halogens is 4. The lowest BCUT2D eigenvalue weighted by molar-refractivity contribution is -0.124. The summed E-state index contributed by atoms with van der Waals surface area (Å²) in [7, 11) is 0. The molecule has 1 heterocycles. The Morgan fingerprint density at radius 3 is 2.29 bits per heavy atom. The number of carbonyl (C=O) groups is 2. The molecular formula is C25H19Cl3FN3O2S. The second kappa shape index (κ2) is 10.9. The van der Waals surface area contributed by atoms with Crippen LogP contribution in [0, 0.1) is 5.82 Å². The summed E-state index contributed by atoms with van der Waals surface area (Å²) in [6.07, 6.45) is 0.337. The molecule has 1 atom stereocenters. The minimum absolute atomic E-state index is 0.131. The average Bonchev–Trinajstić information content (AvgIpc) is 3.04. The minimum Gasteiger partial charge on any atom is -0.336 e. The van der Waals surface area contributed by atoms with Crippen molar-refractivity contribution < 1.29 is 14.0 Å². The van der Waals surface area contributed by atoms with Gasteiger partial charge in [0, 0.05) is 27.3 Å². The van der Waals surface area contributed by atoms with Gasteiger partial charge < -0.3 is 10.2 Å². The highest BCUT2D eigenvalue weighted by Crippen LogP contribution is 2.29. The molecule has 0 aliphatic carbocycles. The van der Waals surface area contributed by atoms with Gasteiger partial charge in [0.1, 0.15) is 11.9 Å². The monoisotopic (exact) mass is 549 g/mol. The summed E-state index contributed by atoms with van der Waals surface area (Å²) in [4.78, 5) is 29.3. The van der Waals surface area contributed by atoms with Gasteiger partial charge in [-0.3, -0.25) is 14.5 Å². The van der Waals surface area contributed by atoms with Gasteiger partial charge in [0.25, 0.3) is 5.91 Å². The second-order valence-electron chi connectivity index (χ2n) is 7.89. The molecule has 3 aromatic carbocycles. The van der Waals surface area contributed by atoms with Crippen LogP contribution in [0.2, 0.25) is 15.1 Å². The van der Waals surface area contributed by atoms with Crippen LogP contribution in [0.4, 0.5) is 15.8 Å². The van der Waals surface area contributed by atoms with E-state index in [0.29, 0.717) is 39.4 Å². The molecule has 1 aliphatic rings. The summed E-state index contributed by atoms with van der Waals surface area (Å²) >= 11 is 23.9. The molecule has 0 bridgehead atoms. The van der Waals surface area contributed by atoms with E-state index in [-0.39, 0.29) is 23.3 Å². The standard InChI is InChI=1S/C25H19Cl3FN3O2S/c26-16-3-7-19(8-4-16)30-23(33)14-22-24(34)32(20-9-5-18(29)6-10-20)25(35)31(22)12-11-15-1-2-17(27)13-21(15)28/h1-10,13,22H,11-12,14H2,(H,30,33)/t22-/m1/s1. The molecule has 4 rings (SSSR count). The fraction of sp³-hybridized carbons (Fsp3) is 0.160. The lowest BCUT2D eigenvalue weighted by Gasteiger charge is -2.24. The van der Waals surface area contributed by atoms with E-state index in [1.165, 1.54) is 29.2 Å². The zero-order chi connectivity index (χ0) is 25.1. The molecule has 1 saturated heterocycles. The summed E-state index contributed by atoms with van der Waals surface area (Å²) in [6, 6.07) is 16.5. The molecule has 5 nitrogen and oxygen atoms in total. The van der Waals surface area contributed by atoms with Crippen LogP contribution in [-0.2, 0) is 16.0 Å². The summed E-state index contributed by atoms with van der Waals surface area (Å²) in [5.74, 6) is -1.15. The molecule has 180 valence electrons. The summed E-state index contributed by atoms with van der Waals surface area (Å²) in [5.41, 5.74) is 1.81. The van der Waals surface area contributed by atoms with Crippen molar-refractivity contribution in [2.45, 2.75) is 18.9 Å². The van der Waals surface area contributed by atoms with E-state index in [1.54, 1.807) is 41.3 Å². The largest absolute Gasteiger partial charge is 0.336 e. The van der Waals surface area contributed by atoms with Gasteiger partial charge in [-0.05, 0) is 84.9 Å². The predicted octanol–water partition coefficient (Wildman–Crippen LogP) is 6.36. The Bertz CT molecular complexity index is 1270. The molecule has 0 aromatic heterocycles. The highest BCUT2D eigenvalue weighted by Gasteiger charge is 2.44. The number of rotatable bonds is 7. The Balaban J connectivity index is 1.57. The van der Waals surface area contributed by atoms with Gasteiger partial charge in [0.05, 0.1) is 12.1 Å². The van der Waals surface area contributed by atoms with E-state index < -0.39 is 11.9 Å². The van der Waals surface area contributed by atoms with Crippen LogP contribution in [0.25, 0.3) is 0 Å². The van der Waals surface area contributed by atoms with Crippen molar-refractivity contribution in [3.63, 3.8) is 0 Å². The van der Waals surface area contributed by atoms with Crippen LogP contribution in [0.5, 0.6) is 0 Å². The number of hydrogen-bond acceptors (Lipinski definition) is 3. The van der Waals surface area contributed by atoms with Crippen LogP contribution in [0.15, 0.2) is 66.7 Å². The molecular weight excluding hydrogens is 532 g/mol. The van der Waals surface area contributed by atoms with Crippen LogP contribution in [0.1, 0.15) is 12.0 Å². The topological polar surface area (TPSA) is 52.7 Å². The number of anilines is 2. The van der Waals surface area contributed by atoms with Gasteiger partial charge in [-0.15, -0.1) is 0 Å². The van der Waals surface area contributed by atoms with Crippen molar-refractivity contribution in [3.05, 3.63) is 93.2 Å². The maximum Gasteiger partial charge on any atom is 0.256 e. The molecule has 3 aromatic rings. The zero-order valence-corrected chi connectivity index (χ0v) is 21.3. The lowest BCUT2D eigenvalue weighted by Crippen LogP contribution is -2.39. The molecule has 10 heteroatoms. The van der Waals surface area contributed by atoms with Gasteiger partial charge in [-0.2, -0.15) is 0 Å². The first-order chi connectivity index (χ1) is 16.7. The normalized spacial score (nSPS) is 15.6. The van der Waals surface area contributed by atoms with E-state index in [4.69, 9.17) is 47.0 Å². The quantitative estimate of drug-likeness (QED) is 0.348. The van der Waals surface area contributed by atoms with Gasteiger partial charge >= 0.3 is 0 Å². The number of nitrogens with zero attached hydrogens (tertiary/aromatic N) is 2. The number of hydrogen-bond donors (Lipinski definition) is 1. The highest BCUT2D eigenvalue weighted by molar-refractivity contribution is 7.80. The number of thiocarbonyl (C=S) groups is 1. The van der Waals surface area contributed by atoms with E-state index in [9.17, 15) is 14.0 Å². The molecule has 0 saturated carbocycles. The molecule has 0 radical (unpaired) electrons. The number of carbonyl (C=O) groups excluding carboxylic acids is 2. The number of nitrogens with one attached hydrogen (secondary N) is 1. The SMILES string of the molecule is O=C(C[C@@H]1C(=O)N(c2ccc(F)cc2)C(=S)N1CCc1ccc(Cl)cc1Cl)Nc1ccc(Cl)cc1. The maximum atomic E-state index is 13.5. The van der Waals surface area contributed by atoms with Crippen molar-refractivity contribution >= 4 is 75.3 Å². The molecule has 2 amide bonds. The molecule has 35 heavy (non-hydrogen) atoms. The third kappa shape index (κ3) is 5.93. The zero-order valence-electron chi connectivity index (χ0n) is 18.2. The van der Waals surface area contributed by atoms with E-state index in [2.05, 4.69) is 5.32 Å². The fourth-order valence-electron chi connectivity index (χ4n) is 3.80. The third-order valence-electron chi connectivity index (χ3n) is 5.55. The van der Waals surface area contributed by atoms with Gasteiger partial charge in [0.2, 0.25) is 5.91 Å². The van der Waals surface area contributed by atoms with E-state index >= 15 is 0 Å². The van der Waals surface area contributed by atoms with Crippen molar-refractivity contribution in [3.8, 4) is 0 Å². The number of amides is 2. The van der Waals surface area contributed by atoms with Gasteiger partial charge in [-0.25, -0.2) is 4.39 Å². The van der Waals surface area contributed by atoms with Crippen LogP contribution < -0.4 is 10.2 Å². The van der Waals surface area contributed by atoms with E-state index in [0.717, 1.165) is 5.56 Å². The molecule has 0 spiro atoms. The Morgan fingerprint density at radius 2 is 1.63 bits per heavy atom. The number of benzene rings is 3. The highest BCUT2D eigenvalue weighted by atomic mass is 35.5. The second-order valence-corrected chi connectivity index (χ2v) is 9.53. The van der Waals surface area contributed by atoms with Crippen molar-refractivity contribution in [2.24, 2.45) is 0 Å². The minimum atomic E-state index is -0.842. The van der Waals surface area contributed by atoms with Gasteiger partial charge in [-0.1, -0.05) is 40.9 Å². The first-order valence-electron chi connectivity index (χ1n) is 10.6. The van der Waals surface area contributed by atoms with Gasteiger partial charge in [0.15, 0.2) is 5.11 Å². The first kappa shape index (κ1) is 25.4. The van der Waals surface area contributed by atoms with Crippen molar-refractivity contribution in [2.75, 3.05) is 16.8 Å². The average molecular weight is 551 g/mol. The Kier molecular flexibility index (Phi) is 7.91. The molecule has 0 unspecified atom stereocenters. The van der Waals surface area contributed by atoms with Crippen LogP contribution in [0.3, 0.4) is 0 Å². The molecule has 1 aliphatic heterocycles. The fourth-order valence-corrected chi connectivity index (χ4v) is 4.84. The Morgan fingerprint density at radius 1 is 0.971 bits per heavy atom. The first-order valence-corrected chi connectivity index (χ1v) is 12.2. The van der Waals surface area contributed by atoms with Crippen LogP contribution >= 0.6 is 47.0 Å². The van der Waals surface area contributed by atoms with Crippen molar-refractivity contribution in [1.82, 2.24) is 4.90 Å². The van der Waals surface area contributed by atoms with E-state index in [1.807, 2.05) is 6.07 Å². The molecule has 1 N–H and O–H groups in total. The molecule has 1 fully saturated rings. The summed E-state index contributed by atoms with van der Waals surface area (Å²) in [6.45, 7) is 0.336. The smallest absolute Gasteiger partial charge is 0.256 e. The van der Waals surface area contributed by atoms with Crippen molar-refractivity contribution in [1.29, 1.82) is 0 Å². The predicted molar refractivity (Wildman–Crippen MR) is 142 cm³/mol.